The molecule has 1 aliphatic heterocycles. The Bertz CT molecular complexity index is 1040. The standard InChI is InChI=1S/C26H31N3O5/c1-17(2)29(31)26(30)28-15-13-20(14-16-28)25-27-23(18-5-9-21(32-3)10-6-18)24(34-25)19-7-11-22(33-4)12-8-19/h5-12,17,20,31H,13-16H2,1-4H3. The number of aromatic nitrogens is 1. The van der Waals surface area contributed by atoms with Crippen molar-refractivity contribution in [2.24, 2.45) is 0 Å². The molecule has 0 aliphatic carbocycles. The number of amides is 2. The van der Waals surface area contributed by atoms with Crippen LogP contribution in [0.1, 0.15) is 38.5 Å². The smallest absolute Gasteiger partial charge is 0.343 e. The average molecular weight is 466 g/mol. The number of methoxy groups -OCH3 is 2. The zero-order valence-corrected chi connectivity index (χ0v) is 20.0. The zero-order valence-electron chi connectivity index (χ0n) is 20.0. The molecule has 0 unspecified atom stereocenters. The number of ether oxygens (including phenoxy) is 2. The predicted molar refractivity (Wildman–Crippen MR) is 128 cm³/mol. The van der Waals surface area contributed by atoms with Crippen LogP contribution in [0.25, 0.3) is 22.6 Å². The van der Waals surface area contributed by atoms with E-state index < -0.39 is 0 Å². The van der Waals surface area contributed by atoms with Crippen LogP contribution < -0.4 is 9.47 Å². The molecule has 34 heavy (non-hydrogen) atoms. The summed E-state index contributed by atoms with van der Waals surface area (Å²) >= 11 is 0. The molecule has 1 aromatic heterocycles. The van der Waals surface area contributed by atoms with Crippen LogP contribution in [0.5, 0.6) is 11.5 Å². The van der Waals surface area contributed by atoms with E-state index >= 15 is 0 Å². The van der Waals surface area contributed by atoms with Gasteiger partial charge in [0.15, 0.2) is 11.7 Å². The summed E-state index contributed by atoms with van der Waals surface area (Å²) in [5.41, 5.74) is 2.61. The quantitative estimate of drug-likeness (QED) is 0.386. The van der Waals surface area contributed by atoms with Crippen LogP contribution in [0, 0.1) is 0 Å². The van der Waals surface area contributed by atoms with Crippen molar-refractivity contribution in [3.63, 3.8) is 0 Å². The van der Waals surface area contributed by atoms with E-state index in [0.29, 0.717) is 37.6 Å². The molecule has 1 aliphatic rings. The number of rotatable bonds is 6. The van der Waals surface area contributed by atoms with E-state index in [2.05, 4.69) is 0 Å². The number of hydrogen-bond acceptors (Lipinski definition) is 6. The summed E-state index contributed by atoms with van der Waals surface area (Å²) in [4.78, 5) is 19.0. The second-order valence-corrected chi connectivity index (χ2v) is 8.67. The van der Waals surface area contributed by atoms with E-state index in [0.717, 1.165) is 33.4 Å². The second kappa shape index (κ2) is 10.2. The number of nitrogens with zero attached hydrogens (tertiary/aromatic N) is 3. The second-order valence-electron chi connectivity index (χ2n) is 8.67. The molecule has 3 aromatic rings. The normalized spacial score (nSPS) is 14.4. The lowest BCUT2D eigenvalue weighted by molar-refractivity contribution is -0.0815. The van der Waals surface area contributed by atoms with Gasteiger partial charge in [0.05, 0.1) is 20.3 Å². The van der Waals surface area contributed by atoms with E-state index in [-0.39, 0.29) is 18.0 Å². The minimum absolute atomic E-state index is 0.0826. The Morgan fingerprint density at radius 1 is 1.00 bits per heavy atom. The number of hydroxylamine groups is 2. The van der Waals surface area contributed by atoms with Gasteiger partial charge in [-0.15, -0.1) is 0 Å². The molecule has 0 radical (unpaired) electrons. The molecular weight excluding hydrogens is 434 g/mol. The monoisotopic (exact) mass is 465 g/mol. The summed E-state index contributed by atoms with van der Waals surface area (Å²) in [5, 5.41) is 10.8. The van der Waals surface area contributed by atoms with Crippen molar-refractivity contribution in [2.45, 2.75) is 38.6 Å². The fourth-order valence-electron chi connectivity index (χ4n) is 4.08. The van der Waals surface area contributed by atoms with Gasteiger partial charge >= 0.3 is 6.03 Å². The van der Waals surface area contributed by atoms with Gasteiger partial charge in [-0.3, -0.25) is 5.21 Å². The lowest BCUT2D eigenvalue weighted by Gasteiger charge is -2.33. The number of carbonyl (C=O) groups excluding carboxylic acids is 1. The van der Waals surface area contributed by atoms with E-state index in [9.17, 15) is 10.0 Å². The Hall–Kier alpha value is -3.52. The third-order valence-electron chi connectivity index (χ3n) is 6.16. The molecule has 1 saturated heterocycles. The first-order chi connectivity index (χ1) is 16.4. The van der Waals surface area contributed by atoms with Crippen molar-refractivity contribution in [1.82, 2.24) is 14.9 Å². The molecule has 2 amide bonds. The van der Waals surface area contributed by atoms with Crippen LogP contribution in [-0.4, -0.2) is 59.5 Å². The highest BCUT2D eigenvalue weighted by molar-refractivity contribution is 5.77. The molecule has 8 heteroatoms. The molecule has 0 atom stereocenters. The third kappa shape index (κ3) is 4.87. The number of piperidine rings is 1. The zero-order chi connectivity index (χ0) is 24.2. The van der Waals surface area contributed by atoms with E-state index in [1.165, 1.54) is 0 Å². The Labute approximate surface area is 199 Å². The molecule has 180 valence electrons. The molecule has 1 N–H and O–H groups in total. The van der Waals surface area contributed by atoms with Crippen molar-refractivity contribution in [3.05, 3.63) is 54.4 Å². The Morgan fingerprint density at radius 2 is 1.53 bits per heavy atom. The summed E-state index contributed by atoms with van der Waals surface area (Å²) < 4.78 is 16.9. The molecule has 2 aromatic carbocycles. The van der Waals surface area contributed by atoms with Gasteiger partial charge in [0, 0.05) is 30.1 Å². The first-order valence-electron chi connectivity index (χ1n) is 11.5. The first kappa shape index (κ1) is 23.6. The molecule has 0 spiro atoms. The highest BCUT2D eigenvalue weighted by Crippen LogP contribution is 2.38. The van der Waals surface area contributed by atoms with Gasteiger partial charge in [-0.05, 0) is 75.2 Å². The third-order valence-corrected chi connectivity index (χ3v) is 6.16. The number of hydrogen-bond donors (Lipinski definition) is 1. The molecular formula is C26H31N3O5. The van der Waals surface area contributed by atoms with Gasteiger partial charge < -0.3 is 18.8 Å². The molecule has 0 saturated carbocycles. The van der Waals surface area contributed by atoms with Crippen LogP contribution >= 0.6 is 0 Å². The molecule has 1 fully saturated rings. The van der Waals surface area contributed by atoms with Crippen LogP contribution in [0.15, 0.2) is 52.9 Å². The summed E-state index contributed by atoms with van der Waals surface area (Å²) in [5.74, 6) is 2.98. The summed E-state index contributed by atoms with van der Waals surface area (Å²) in [6.07, 6.45) is 1.42. The lowest BCUT2D eigenvalue weighted by atomic mass is 9.97. The van der Waals surface area contributed by atoms with Gasteiger partial charge in [0.25, 0.3) is 0 Å². The van der Waals surface area contributed by atoms with Crippen LogP contribution in [0.4, 0.5) is 4.79 Å². The van der Waals surface area contributed by atoms with Crippen molar-refractivity contribution in [1.29, 1.82) is 0 Å². The fraction of sp³-hybridized carbons (Fsp3) is 0.385. The predicted octanol–water partition coefficient (Wildman–Crippen LogP) is 5.42. The largest absolute Gasteiger partial charge is 0.497 e. The Kier molecular flexibility index (Phi) is 7.07. The maximum absolute atomic E-state index is 12.5. The number of urea groups is 1. The van der Waals surface area contributed by atoms with Crippen molar-refractivity contribution in [3.8, 4) is 34.1 Å². The van der Waals surface area contributed by atoms with Crippen LogP contribution in [0.2, 0.25) is 0 Å². The minimum atomic E-state index is -0.362. The van der Waals surface area contributed by atoms with Crippen LogP contribution in [-0.2, 0) is 0 Å². The van der Waals surface area contributed by atoms with Gasteiger partial charge in [0.2, 0.25) is 0 Å². The van der Waals surface area contributed by atoms with Crippen LogP contribution in [0.3, 0.4) is 0 Å². The lowest BCUT2D eigenvalue weighted by Crippen LogP contribution is -2.47. The highest BCUT2D eigenvalue weighted by Gasteiger charge is 2.31. The minimum Gasteiger partial charge on any atom is -0.497 e. The van der Waals surface area contributed by atoms with E-state index in [1.54, 1.807) is 33.0 Å². The molecule has 0 bridgehead atoms. The summed E-state index contributed by atoms with van der Waals surface area (Å²) in [6, 6.07) is 14.8. The number of benzene rings is 2. The van der Waals surface area contributed by atoms with Crippen molar-refractivity contribution in [2.75, 3.05) is 27.3 Å². The van der Waals surface area contributed by atoms with Crippen molar-refractivity contribution < 1.29 is 23.9 Å². The van der Waals surface area contributed by atoms with E-state index in [1.807, 2.05) is 48.5 Å². The molecule has 8 nitrogen and oxygen atoms in total. The van der Waals surface area contributed by atoms with Crippen molar-refractivity contribution >= 4 is 6.03 Å². The molecule has 4 rings (SSSR count). The number of likely N-dealkylation sites (tertiary alicyclic amines) is 1. The topological polar surface area (TPSA) is 88.3 Å². The summed E-state index contributed by atoms with van der Waals surface area (Å²) in [6.45, 7) is 4.62. The number of oxazole rings is 1. The molecule has 2 heterocycles. The SMILES string of the molecule is COc1ccc(-c2nc(C3CCN(C(=O)N(O)C(C)C)CC3)oc2-c2ccc(OC)cc2)cc1. The highest BCUT2D eigenvalue weighted by atomic mass is 16.5. The van der Waals surface area contributed by atoms with Gasteiger partial charge in [0.1, 0.15) is 17.2 Å². The number of carbonyl (C=O) groups is 1. The van der Waals surface area contributed by atoms with Gasteiger partial charge in [-0.25, -0.2) is 14.8 Å². The fourth-order valence-corrected chi connectivity index (χ4v) is 4.08. The Balaban J connectivity index is 1.61. The Morgan fingerprint density at radius 3 is 2.03 bits per heavy atom. The summed E-state index contributed by atoms with van der Waals surface area (Å²) in [7, 11) is 3.28. The average Bonchev–Trinajstić information content (AvgIpc) is 3.33. The van der Waals surface area contributed by atoms with Gasteiger partial charge in [-0.2, -0.15) is 0 Å². The van der Waals surface area contributed by atoms with Gasteiger partial charge in [-0.1, -0.05) is 0 Å². The maximum Gasteiger partial charge on any atom is 0.343 e. The van der Waals surface area contributed by atoms with E-state index in [4.69, 9.17) is 18.9 Å². The maximum atomic E-state index is 12.5. The first-order valence-corrected chi connectivity index (χ1v) is 11.5.